The molecule has 13 heteroatoms. The van der Waals surface area contributed by atoms with Gasteiger partial charge in [0.05, 0.1) is 25.5 Å². The van der Waals surface area contributed by atoms with Crippen molar-refractivity contribution in [2.24, 2.45) is 5.41 Å². The Morgan fingerprint density at radius 3 is 1.66 bits per heavy atom. The highest BCUT2D eigenvalue weighted by molar-refractivity contribution is 7.62. The number of para-hydroxylation sites is 2. The largest absolute Gasteiger partial charge is 0.493 e. The monoisotopic (exact) mass is 934 g/mol. The van der Waals surface area contributed by atoms with Gasteiger partial charge in [-0.2, -0.15) is 0 Å². The molecule has 64 heavy (non-hydrogen) atoms. The van der Waals surface area contributed by atoms with Crippen LogP contribution in [-0.2, 0) is 14.3 Å². The molecule has 1 radical (unpaired) electrons. The van der Waals surface area contributed by atoms with Gasteiger partial charge in [-0.3, -0.25) is 4.90 Å². The molecule has 0 saturated heterocycles. The average Bonchev–Trinajstić information content (AvgIpc) is 3.16. The SMILES string of the molecule is CCOc1c(OC)cc(N(c2ccccc2)P(C(Oc2ccccc2)(Oc2ccc(C(C)(C)C)cc2)O[Si](C)(C)C)C(O[Si](C)C)(N(C)C)C(C)(C)C)c(OC(C)(C)C)c1OC(C)C. The van der Waals surface area contributed by atoms with Gasteiger partial charge in [0.15, 0.2) is 33.4 Å². The van der Waals surface area contributed by atoms with E-state index in [4.69, 9.17) is 37.3 Å². The minimum Gasteiger partial charge on any atom is -0.493 e. The van der Waals surface area contributed by atoms with Crippen LogP contribution in [0.2, 0.25) is 32.7 Å². The van der Waals surface area contributed by atoms with Crippen LogP contribution in [0.25, 0.3) is 0 Å². The van der Waals surface area contributed by atoms with E-state index in [1.54, 1.807) is 7.11 Å². The Kier molecular flexibility index (Phi) is 17.2. The number of ether oxygens (including phenoxy) is 6. The summed E-state index contributed by atoms with van der Waals surface area (Å²) in [6.45, 7) is 36.5. The Morgan fingerprint density at radius 1 is 0.703 bits per heavy atom. The lowest BCUT2D eigenvalue weighted by atomic mass is 9.87. The first kappa shape index (κ1) is 52.8. The second-order valence-corrected chi connectivity index (χ2v) is 29.3. The van der Waals surface area contributed by atoms with E-state index in [1.165, 1.54) is 5.56 Å². The lowest BCUT2D eigenvalue weighted by Gasteiger charge is -2.60. The fraction of sp³-hybridized carbons (Fsp3) is 0.529. The van der Waals surface area contributed by atoms with Crippen LogP contribution in [0.1, 0.15) is 88.6 Å². The van der Waals surface area contributed by atoms with Crippen molar-refractivity contribution in [1.82, 2.24) is 4.90 Å². The summed E-state index contributed by atoms with van der Waals surface area (Å²) in [6.07, 6.45) is -0.257. The zero-order chi connectivity index (χ0) is 48.1. The zero-order valence-electron chi connectivity index (χ0n) is 42.6. The maximum absolute atomic E-state index is 7.76. The Labute approximate surface area is 390 Å². The third kappa shape index (κ3) is 12.8. The van der Waals surface area contributed by atoms with Gasteiger partial charge in [-0.25, -0.2) is 0 Å². The van der Waals surface area contributed by atoms with E-state index in [1.807, 2.05) is 108 Å². The molecule has 0 amide bonds. The van der Waals surface area contributed by atoms with Crippen molar-refractivity contribution < 1.29 is 37.3 Å². The fourth-order valence-electron chi connectivity index (χ4n) is 7.44. The molecule has 0 saturated carbocycles. The lowest BCUT2D eigenvalue weighted by Crippen LogP contribution is -2.65. The summed E-state index contributed by atoms with van der Waals surface area (Å²) in [5, 5.41) is 0. The van der Waals surface area contributed by atoms with Crippen LogP contribution in [0.5, 0.6) is 34.5 Å². The highest BCUT2D eigenvalue weighted by Crippen LogP contribution is 2.74. The van der Waals surface area contributed by atoms with Crippen LogP contribution < -0.4 is 33.1 Å². The predicted molar refractivity (Wildman–Crippen MR) is 270 cm³/mol. The highest BCUT2D eigenvalue weighted by Gasteiger charge is 2.68. The molecule has 3 unspecified atom stereocenters. The zero-order valence-corrected chi connectivity index (χ0v) is 45.4. The van der Waals surface area contributed by atoms with Crippen molar-refractivity contribution in [2.75, 3.05) is 32.5 Å². The smallest absolute Gasteiger partial charge is 0.404 e. The second kappa shape index (κ2) is 20.8. The maximum Gasteiger partial charge on any atom is 0.404 e. The minimum absolute atomic E-state index is 0.0888. The second-order valence-electron chi connectivity index (χ2n) is 20.7. The van der Waals surface area contributed by atoms with Gasteiger partial charge in [-0.15, -0.1) is 0 Å². The third-order valence-corrected chi connectivity index (χ3v) is 15.0. The number of hydrogen-bond donors (Lipinski definition) is 0. The molecular formula is C51H78N2O8PSi2. The number of benzene rings is 4. The van der Waals surface area contributed by atoms with Gasteiger partial charge >= 0.3 is 5.71 Å². The number of rotatable bonds is 20. The molecule has 0 N–H and O–H groups in total. The van der Waals surface area contributed by atoms with Crippen LogP contribution in [0, 0.1) is 5.41 Å². The molecule has 4 aromatic carbocycles. The molecule has 10 nitrogen and oxygen atoms in total. The first-order valence-corrected chi connectivity index (χ1v) is 29.5. The summed E-state index contributed by atoms with van der Waals surface area (Å²) in [5.41, 5.74) is -1.96. The molecule has 4 rings (SSSR count). The first-order valence-electron chi connectivity index (χ1n) is 22.4. The van der Waals surface area contributed by atoms with E-state index in [-0.39, 0.29) is 11.5 Å². The topological polar surface area (TPSA) is 80.3 Å². The van der Waals surface area contributed by atoms with Crippen LogP contribution in [0.4, 0.5) is 11.4 Å². The summed E-state index contributed by atoms with van der Waals surface area (Å²) in [7, 11) is -0.638. The van der Waals surface area contributed by atoms with E-state index >= 15 is 0 Å². The molecule has 0 aliphatic carbocycles. The number of methoxy groups -OCH3 is 1. The Morgan fingerprint density at radius 2 is 1.23 bits per heavy atom. The van der Waals surface area contributed by atoms with Crippen LogP contribution in [0.15, 0.2) is 91.0 Å². The molecule has 0 aliphatic rings. The van der Waals surface area contributed by atoms with Crippen molar-refractivity contribution in [1.29, 1.82) is 0 Å². The molecule has 0 spiro atoms. The van der Waals surface area contributed by atoms with Crippen LogP contribution >= 0.6 is 8.07 Å². The molecule has 0 heterocycles. The Hall–Kier alpha value is -3.78. The quantitative estimate of drug-likeness (QED) is 0.0485. The van der Waals surface area contributed by atoms with Gasteiger partial charge in [0.2, 0.25) is 20.5 Å². The van der Waals surface area contributed by atoms with E-state index < -0.39 is 47.6 Å². The van der Waals surface area contributed by atoms with Gasteiger partial charge in [0.1, 0.15) is 17.1 Å². The molecule has 4 aromatic rings. The summed E-state index contributed by atoms with van der Waals surface area (Å²) < 4.78 is 59.7. The molecule has 0 aromatic heterocycles. The van der Waals surface area contributed by atoms with Gasteiger partial charge in [-0.1, -0.05) is 90.1 Å². The standard InChI is InChI=1S/C51H78N2O8PSi2/c1-21-55-45-43(54-15)36-42(44(59-49(10,11)12)46(45)56-37(2)3)53(39-28-24-22-25-29-39)62(50(52(13)14,48(7,8)9)60-63(16)17)51(61-64(18,19)20,57-40-30-26-23-27-31-40)58-41-34-32-38(33-35-41)47(4,5)6/h22-37H,21H2,1-20H3. The minimum atomic E-state index is -2.71. The summed E-state index contributed by atoms with van der Waals surface area (Å²) in [4.78, 5) is 2.19. The first-order chi connectivity index (χ1) is 29.6. The average molecular weight is 934 g/mol. The van der Waals surface area contributed by atoms with Crippen molar-refractivity contribution in [3.05, 3.63) is 96.6 Å². The van der Waals surface area contributed by atoms with E-state index in [9.17, 15) is 0 Å². The Balaban J connectivity index is 2.47. The maximum atomic E-state index is 7.76. The van der Waals surface area contributed by atoms with Crippen molar-refractivity contribution >= 4 is 36.8 Å². The molecular weight excluding hydrogens is 856 g/mol. The summed E-state index contributed by atoms with van der Waals surface area (Å²) >= 11 is 0. The molecule has 353 valence electrons. The van der Waals surface area contributed by atoms with Gasteiger partial charge in [0.25, 0.3) is 0 Å². The lowest BCUT2D eigenvalue weighted by molar-refractivity contribution is -0.197. The molecule has 0 aliphatic heterocycles. The van der Waals surface area contributed by atoms with Gasteiger partial charge < -0.3 is 41.9 Å². The van der Waals surface area contributed by atoms with Gasteiger partial charge in [0, 0.05) is 17.2 Å². The number of anilines is 2. The number of nitrogens with zero attached hydrogens (tertiary/aromatic N) is 2. The summed E-state index contributed by atoms with van der Waals surface area (Å²) in [5.74, 6) is 2.91. The van der Waals surface area contributed by atoms with Crippen molar-refractivity contribution in [3.8, 4) is 34.5 Å². The molecule has 0 fully saturated rings. The van der Waals surface area contributed by atoms with Crippen molar-refractivity contribution in [3.63, 3.8) is 0 Å². The summed E-state index contributed by atoms with van der Waals surface area (Å²) in [6, 6.07) is 30.3. The van der Waals surface area contributed by atoms with Crippen LogP contribution in [-0.4, -0.2) is 73.0 Å². The molecule has 3 atom stereocenters. The van der Waals surface area contributed by atoms with Crippen molar-refractivity contribution in [2.45, 2.75) is 144 Å². The fourth-order valence-corrected chi connectivity index (χ4v) is 14.4. The van der Waals surface area contributed by atoms with Crippen LogP contribution in [0.3, 0.4) is 0 Å². The van der Waals surface area contributed by atoms with Gasteiger partial charge in [-0.05, 0) is 136 Å². The van der Waals surface area contributed by atoms with E-state index in [0.29, 0.717) is 46.8 Å². The number of hydrogen-bond acceptors (Lipinski definition) is 10. The predicted octanol–water partition coefficient (Wildman–Crippen LogP) is 14.0. The third-order valence-electron chi connectivity index (χ3n) is 9.70. The highest BCUT2D eigenvalue weighted by atomic mass is 31.1. The Bertz CT molecular complexity index is 2080. The molecule has 0 bridgehead atoms. The van der Waals surface area contributed by atoms with E-state index in [0.717, 1.165) is 5.69 Å². The normalized spacial score (nSPS) is 15.0. The van der Waals surface area contributed by atoms with E-state index in [2.05, 4.69) is 122 Å².